The largest absolute Gasteiger partial charge is 0.0696 e. The van der Waals surface area contributed by atoms with Crippen molar-refractivity contribution in [2.45, 2.75) is 19.6 Å². The van der Waals surface area contributed by atoms with E-state index < -0.39 is 8.07 Å². The van der Waals surface area contributed by atoms with Crippen LogP contribution in [0.25, 0.3) is 0 Å². The van der Waals surface area contributed by atoms with Gasteiger partial charge in [-0.05, 0) is 0 Å². The molecular weight excluding hydrogens is 128 g/mol. The smallest absolute Gasteiger partial charge is 0.0439 e. The third-order valence-electron chi connectivity index (χ3n) is 0. The van der Waals surface area contributed by atoms with Crippen LogP contribution >= 0.6 is 0 Å². The molecule has 0 aromatic carbocycles. The van der Waals surface area contributed by atoms with E-state index in [0.717, 1.165) is 0 Å². The molecular formula is C4H11CrSi. The molecule has 0 spiro atoms. The van der Waals surface area contributed by atoms with Gasteiger partial charge in [0.05, 0.1) is 0 Å². The van der Waals surface area contributed by atoms with Gasteiger partial charge < -0.3 is 0 Å². The van der Waals surface area contributed by atoms with Gasteiger partial charge in [-0.1, -0.05) is 26.2 Å². The standard InChI is InChI=1S/C4H11Si.Cr/c1-5(2,3)4;/h1H2,2-4H3;. The quantitative estimate of drug-likeness (QED) is 0.448. The molecule has 0 heterocycles. The molecule has 0 aromatic rings. The van der Waals surface area contributed by atoms with Crippen LogP contribution in [0.5, 0.6) is 0 Å². The van der Waals surface area contributed by atoms with Gasteiger partial charge >= 0.3 is 0 Å². The Hall–Kier alpha value is 0.749. The van der Waals surface area contributed by atoms with E-state index >= 15 is 0 Å². The van der Waals surface area contributed by atoms with E-state index in [1.54, 1.807) is 0 Å². The molecule has 0 saturated heterocycles. The van der Waals surface area contributed by atoms with Crippen LogP contribution in [-0.4, -0.2) is 8.07 Å². The molecule has 0 aliphatic carbocycles. The normalized spacial score (nSPS) is 10.0. The summed E-state index contributed by atoms with van der Waals surface area (Å²) >= 11 is 0. The van der Waals surface area contributed by atoms with Gasteiger partial charge in [0.2, 0.25) is 0 Å². The zero-order chi connectivity index (χ0) is 4.50. The summed E-state index contributed by atoms with van der Waals surface area (Å²) in [4.78, 5) is 0. The van der Waals surface area contributed by atoms with Gasteiger partial charge in [0.25, 0.3) is 0 Å². The first-order chi connectivity index (χ1) is 2.00. The molecule has 6 heavy (non-hydrogen) atoms. The molecule has 0 aliphatic heterocycles. The maximum atomic E-state index is 3.91. The molecule has 0 aromatic heterocycles. The Balaban J connectivity index is 0. The summed E-state index contributed by atoms with van der Waals surface area (Å²) < 4.78 is 0. The SMILES string of the molecule is [CH2][Si](C)(C)C.[Cr]. The molecule has 0 fully saturated rings. The monoisotopic (exact) mass is 139 g/mol. The van der Waals surface area contributed by atoms with Crippen molar-refractivity contribution in [2.75, 3.05) is 0 Å². The summed E-state index contributed by atoms with van der Waals surface area (Å²) in [5.41, 5.74) is 0. The summed E-state index contributed by atoms with van der Waals surface area (Å²) in [7, 11) is -0.861. The Morgan fingerprint density at radius 1 is 1.17 bits per heavy atom. The van der Waals surface area contributed by atoms with Crippen LogP contribution in [0.15, 0.2) is 0 Å². The van der Waals surface area contributed by atoms with E-state index in [1.807, 2.05) is 0 Å². The zero-order valence-corrected chi connectivity index (χ0v) is 6.89. The van der Waals surface area contributed by atoms with Crippen LogP contribution in [0.3, 0.4) is 0 Å². The van der Waals surface area contributed by atoms with Crippen molar-refractivity contribution in [1.82, 2.24) is 0 Å². The molecule has 0 amide bonds. The molecule has 2 heteroatoms. The van der Waals surface area contributed by atoms with Gasteiger partial charge in [-0.3, -0.25) is 0 Å². The molecule has 0 bridgehead atoms. The fourth-order valence-electron chi connectivity index (χ4n) is 0. The summed E-state index contributed by atoms with van der Waals surface area (Å²) in [6.45, 7) is 10.6. The fourth-order valence-corrected chi connectivity index (χ4v) is 0. The molecule has 37 valence electrons. The minimum Gasteiger partial charge on any atom is -0.0696 e. The van der Waals surface area contributed by atoms with Crippen molar-refractivity contribution < 1.29 is 17.4 Å². The molecule has 0 N–H and O–H groups in total. The Labute approximate surface area is 52.1 Å². The third-order valence-corrected chi connectivity index (χ3v) is 0. The van der Waals surface area contributed by atoms with Crippen molar-refractivity contribution >= 4 is 8.07 Å². The summed E-state index contributed by atoms with van der Waals surface area (Å²) in [5.74, 6) is 0. The fraction of sp³-hybridized carbons (Fsp3) is 0.750. The van der Waals surface area contributed by atoms with Crippen molar-refractivity contribution in [3.8, 4) is 0 Å². The van der Waals surface area contributed by atoms with Crippen LogP contribution in [-0.2, 0) is 17.4 Å². The first-order valence-electron chi connectivity index (χ1n) is 1.85. The van der Waals surface area contributed by atoms with Crippen LogP contribution in [0.1, 0.15) is 0 Å². The van der Waals surface area contributed by atoms with E-state index in [0.29, 0.717) is 0 Å². The Morgan fingerprint density at radius 2 is 1.17 bits per heavy atom. The van der Waals surface area contributed by atoms with Crippen LogP contribution in [0, 0.1) is 6.55 Å². The predicted molar refractivity (Wildman–Crippen MR) is 28.7 cm³/mol. The van der Waals surface area contributed by atoms with Crippen molar-refractivity contribution in [3.63, 3.8) is 0 Å². The second-order valence-electron chi connectivity index (χ2n) is 2.56. The van der Waals surface area contributed by atoms with Gasteiger partial charge in [0.15, 0.2) is 0 Å². The number of hydrogen-bond acceptors (Lipinski definition) is 0. The topological polar surface area (TPSA) is 0 Å². The number of hydrogen-bond donors (Lipinski definition) is 0. The van der Waals surface area contributed by atoms with Crippen molar-refractivity contribution in [1.29, 1.82) is 0 Å². The molecule has 0 saturated carbocycles. The van der Waals surface area contributed by atoms with Crippen molar-refractivity contribution in [3.05, 3.63) is 6.55 Å². The van der Waals surface area contributed by atoms with E-state index in [1.165, 1.54) is 0 Å². The van der Waals surface area contributed by atoms with E-state index in [-0.39, 0.29) is 17.4 Å². The summed E-state index contributed by atoms with van der Waals surface area (Å²) in [6, 6.07) is 0. The minimum absolute atomic E-state index is 0. The molecule has 1 radical (unpaired) electrons. The van der Waals surface area contributed by atoms with Crippen LogP contribution < -0.4 is 0 Å². The molecule has 0 unspecified atom stereocenters. The minimum atomic E-state index is -0.861. The van der Waals surface area contributed by atoms with E-state index in [2.05, 4.69) is 26.2 Å². The van der Waals surface area contributed by atoms with Gasteiger partial charge in [-0.15, -0.1) is 0 Å². The third kappa shape index (κ3) is 119. The molecule has 0 atom stereocenters. The Kier molecular flexibility index (Phi) is 4.69. The van der Waals surface area contributed by atoms with Gasteiger partial charge in [0, 0.05) is 25.4 Å². The average Bonchev–Trinajstić information content (AvgIpc) is 0.722. The Morgan fingerprint density at radius 3 is 1.17 bits per heavy atom. The maximum Gasteiger partial charge on any atom is 0.0439 e. The maximum absolute atomic E-state index is 3.91. The first kappa shape index (κ1) is 9.89. The van der Waals surface area contributed by atoms with Gasteiger partial charge in [0.1, 0.15) is 0 Å². The summed E-state index contributed by atoms with van der Waals surface area (Å²) in [6.07, 6.45) is 0. The zero-order valence-electron chi connectivity index (χ0n) is 4.62. The molecule has 0 aliphatic rings. The molecule has 0 rings (SSSR count). The summed E-state index contributed by atoms with van der Waals surface area (Å²) in [5, 5.41) is 0. The van der Waals surface area contributed by atoms with Crippen LogP contribution in [0.2, 0.25) is 19.6 Å². The van der Waals surface area contributed by atoms with E-state index in [4.69, 9.17) is 0 Å². The van der Waals surface area contributed by atoms with E-state index in [9.17, 15) is 0 Å². The average molecular weight is 139 g/mol. The first-order valence-corrected chi connectivity index (χ1v) is 5.56. The van der Waals surface area contributed by atoms with Crippen molar-refractivity contribution in [2.24, 2.45) is 0 Å². The van der Waals surface area contributed by atoms with Gasteiger partial charge in [-0.2, -0.15) is 0 Å². The van der Waals surface area contributed by atoms with Crippen LogP contribution in [0.4, 0.5) is 0 Å². The second-order valence-corrected chi connectivity index (χ2v) is 7.68. The number of rotatable bonds is 0. The molecule has 0 nitrogen and oxygen atoms in total. The van der Waals surface area contributed by atoms with Gasteiger partial charge in [-0.25, -0.2) is 0 Å². The Bertz CT molecular complexity index is 23.0. The second kappa shape index (κ2) is 2.85. The predicted octanol–water partition coefficient (Wildman–Crippen LogP) is 1.70.